The predicted molar refractivity (Wildman–Crippen MR) is 92.7 cm³/mol. The molecule has 0 aliphatic carbocycles. The summed E-state index contributed by atoms with van der Waals surface area (Å²) in [7, 11) is 0. The highest BCUT2D eigenvalue weighted by molar-refractivity contribution is 9.10. The number of amides is 1. The summed E-state index contributed by atoms with van der Waals surface area (Å²) in [6.07, 6.45) is 3.02. The van der Waals surface area contributed by atoms with E-state index in [-0.39, 0.29) is 5.91 Å². The Hall–Kier alpha value is -2.73. The van der Waals surface area contributed by atoms with Crippen LogP contribution in [0.5, 0.6) is 0 Å². The second-order valence-electron chi connectivity index (χ2n) is 4.75. The SMILES string of the molecule is O=C(NNc1ccc(Br)cc1)c1cnc(-c2ccccc2)nc1. The van der Waals surface area contributed by atoms with Crippen molar-refractivity contribution < 1.29 is 4.79 Å². The lowest BCUT2D eigenvalue weighted by atomic mass is 10.2. The Morgan fingerprint density at radius 3 is 2.22 bits per heavy atom. The van der Waals surface area contributed by atoms with E-state index in [0.29, 0.717) is 11.4 Å². The molecule has 0 aliphatic heterocycles. The summed E-state index contributed by atoms with van der Waals surface area (Å²) in [5.74, 6) is 0.288. The van der Waals surface area contributed by atoms with Gasteiger partial charge in [-0.3, -0.25) is 15.6 Å². The fourth-order valence-corrected chi connectivity index (χ4v) is 2.18. The summed E-state index contributed by atoms with van der Waals surface area (Å²) < 4.78 is 0.972. The number of carbonyl (C=O) groups is 1. The standard InChI is InChI=1S/C17H13BrN4O/c18-14-6-8-15(9-7-14)21-22-17(23)13-10-19-16(20-11-13)12-4-2-1-3-5-12/h1-11,21H,(H,22,23). The van der Waals surface area contributed by atoms with Gasteiger partial charge in [-0.15, -0.1) is 0 Å². The largest absolute Gasteiger partial charge is 0.298 e. The van der Waals surface area contributed by atoms with Crippen LogP contribution in [-0.4, -0.2) is 15.9 Å². The molecule has 0 radical (unpaired) electrons. The molecular weight excluding hydrogens is 356 g/mol. The minimum atomic E-state index is -0.299. The van der Waals surface area contributed by atoms with Crippen LogP contribution in [0.15, 0.2) is 71.5 Å². The van der Waals surface area contributed by atoms with Crippen molar-refractivity contribution in [1.82, 2.24) is 15.4 Å². The molecule has 0 spiro atoms. The van der Waals surface area contributed by atoms with Crippen LogP contribution in [0, 0.1) is 0 Å². The highest BCUT2D eigenvalue weighted by Crippen LogP contribution is 2.14. The number of anilines is 1. The molecule has 5 nitrogen and oxygen atoms in total. The van der Waals surface area contributed by atoms with Gasteiger partial charge in [-0.25, -0.2) is 9.97 Å². The Balaban J connectivity index is 1.65. The van der Waals surface area contributed by atoms with Crippen LogP contribution in [0.3, 0.4) is 0 Å². The number of benzene rings is 2. The van der Waals surface area contributed by atoms with E-state index < -0.39 is 0 Å². The second kappa shape index (κ2) is 7.02. The smallest absolute Gasteiger partial charge is 0.272 e. The van der Waals surface area contributed by atoms with E-state index in [0.717, 1.165) is 15.7 Å². The maximum Gasteiger partial charge on any atom is 0.272 e. The first-order valence-corrected chi connectivity index (χ1v) is 7.71. The molecule has 0 fully saturated rings. The van der Waals surface area contributed by atoms with Gasteiger partial charge in [-0.2, -0.15) is 0 Å². The van der Waals surface area contributed by atoms with Crippen molar-refractivity contribution in [2.45, 2.75) is 0 Å². The molecule has 3 aromatic rings. The molecule has 23 heavy (non-hydrogen) atoms. The summed E-state index contributed by atoms with van der Waals surface area (Å²) in [5, 5.41) is 0. The number of hydrogen-bond donors (Lipinski definition) is 2. The van der Waals surface area contributed by atoms with Crippen molar-refractivity contribution in [1.29, 1.82) is 0 Å². The first-order valence-electron chi connectivity index (χ1n) is 6.92. The number of nitrogens with zero attached hydrogens (tertiary/aromatic N) is 2. The van der Waals surface area contributed by atoms with Crippen LogP contribution in [0.2, 0.25) is 0 Å². The molecular formula is C17H13BrN4O. The highest BCUT2D eigenvalue weighted by atomic mass is 79.9. The normalized spacial score (nSPS) is 10.1. The fourth-order valence-electron chi connectivity index (χ4n) is 1.92. The second-order valence-corrected chi connectivity index (χ2v) is 5.66. The van der Waals surface area contributed by atoms with E-state index in [1.165, 1.54) is 12.4 Å². The third-order valence-corrected chi connectivity index (χ3v) is 3.64. The molecule has 2 N–H and O–H groups in total. The van der Waals surface area contributed by atoms with Crippen LogP contribution in [0.4, 0.5) is 5.69 Å². The zero-order valence-electron chi connectivity index (χ0n) is 12.0. The van der Waals surface area contributed by atoms with Gasteiger partial charge >= 0.3 is 0 Å². The van der Waals surface area contributed by atoms with Crippen LogP contribution in [0.25, 0.3) is 11.4 Å². The molecule has 0 aliphatic rings. The zero-order valence-corrected chi connectivity index (χ0v) is 13.6. The van der Waals surface area contributed by atoms with E-state index in [1.54, 1.807) is 0 Å². The predicted octanol–water partition coefficient (Wildman–Crippen LogP) is 3.66. The molecule has 1 heterocycles. The number of aromatic nitrogens is 2. The number of rotatable bonds is 4. The molecule has 0 unspecified atom stereocenters. The Labute approximate surface area is 141 Å². The maximum absolute atomic E-state index is 12.1. The van der Waals surface area contributed by atoms with E-state index in [1.807, 2.05) is 54.6 Å². The van der Waals surface area contributed by atoms with Gasteiger partial charge in [-0.05, 0) is 24.3 Å². The van der Waals surface area contributed by atoms with Crippen LogP contribution in [0.1, 0.15) is 10.4 Å². The number of nitrogens with one attached hydrogen (secondary N) is 2. The molecule has 0 saturated carbocycles. The van der Waals surface area contributed by atoms with Crippen LogP contribution in [-0.2, 0) is 0 Å². The quantitative estimate of drug-likeness (QED) is 0.689. The van der Waals surface area contributed by atoms with Gasteiger partial charge in [0.1, 0.15) is 0 Å². The first kappa shape index (κ1) is 15.2. The lowest BCUT2D eigenvalue weighted by Crippen LogP contribution is -2.29. The molecule has 114 valence electrons. The number of carbonyl (C=O) groups excluding carboxylic acids is 1. The van der Waals surface area contributed by atoms with Gasteiger partial charge < -0.3 is 0 Å². The molecule has 1 aromatic heterocycles. The first-order chi connectivity index (χ1) is 11.2. The van der Waals surface area contributed by atoms with Crippen LogP contribution >= 0.6 is 15.9 Å². The lowest BCUT2D eigenvalue weighted by Gasteiger charge is -2.08. The minimum Gasteiger partial charge on any atom is -0.298 e. The van der Waals surface area contributed by atoms with E-state index >= 15 is 0 Å². The Kier molecular flexibility index (Phi) is 4.63. The zero-order chi connectivity index (χ0) is 16.1. The highest BCUT2D eigenvalue weighted by Gasteiger charge is 2.07. The van der Waals surface area contributed by atoms with Crippen molar-refractivity contribution >= 4 is 27.5 Å². The number of halogens is 1. The van der Waals surface area contributed by atoms with Crippen LogP contribution < -0.4 is 10.9 Å². The molecule has 6 heteroatoms. The number of hydrogen-bond acceptors (Lipinski definition) is 4. The van der Waals surface area contributed by atoms with Gasteiger partial charge in [0.05, 0.1) is 11.3 Å². The van der Waals surface area contributed by atoms with Crippen molar-refractivity contribution in [3.63, 3.8) is 0 Å². The Morgan fingerprint density at radius 1 is 0.913 bits per heavy atom. The third-order valence-electron chi connectivity index (χ3n) is 3.11. The lowest BCUT2D eigenvalue weighted by molar-refractivity contribution is 0.0962. The van der Waals surface area contributed by atoms with Gasteiger partial charge in [0.25, 0.3) is 5.91 Å². The molecule has 0 saturated heterocycles. The third kappa shape index (κ3) is 3.92. The van der Waals surface area contributed by atoms with Gasteiger partial charge in [0.15, 0.2) is 5.82 Å². The topological polar surface area (TPSA) is 66.9 Å². The fraction of sp³-hybridized carbons (Fsp3) is 0. The Bertz CT molecular complexity index is 789. The van der Waals surface area contributed by atoms with Gasteiger partial charge in [-0.1, -0.05) is 46.3 Å². The minimum absolute atomic E-state index is 0.299. The van der Waals surface area contributed by atoms with Gasteiger partial charge in [0.2, 0.25) is 0 Å². The summed E-state index contributed by atoms with van der Waals surface area (Å²) in [4.78, 5) is 20.5. The van der Waals surface area contributed by atoms with Crippen molar-refractivity contribution in [2.75, 3.05) is 5.43 Å². The molecule has 3 rings (SSSR count). The molecule has 0 atom stereocenters. The molecule has 1 amide bonds. The summed E-state index contributed by atoms with van der Waals surface area (Å²) >= 11 is 3.36. The van der Waals surface area contributed by atoms with E-state index in [2.05, 4.69) is 36.7 Å². The average molecular weight is 369 g/mol. The summed E-state index contributed by atoms with van der Waals surface area (Å²) in [6, 6.07) is 17.1. The Morgan fingerprint density at radius 2 is 1.57 bits per heavy atom. The van der Waals surface area contributed by atoms with E-state index in [9.17, 15) is 4.79 Å². The van der Waals surface area contributed by atoms with E-state index in [4.69, 9.17) is 0 Å². The van der Waals surface area contributed by atoms with Crippen molar-refractivity contribution in [3.8, 4) is 11.4 Å². The molecule has 2 aromatic carbocycles. The summed E-state index contributed by atoms with van der Waals surface area (Å²) in [5.41, 5.74) is 7.52. The van der Waals surface area contributed by atoms with Gasteiger partial charge in [0, 0.05) is 22.4 Å². The maximum atomic E-state index is 12.1. The number of hydrazine groups is 1. The average Bonchev–Trinajstić information content (AvgIpc) is 2.62. The monoisotopic (exact) mass is 368 g/mol. The summed E-state index contributed by atoms with van der Waals surface area (Å²) in [6.45, 7) is 0. The van der Waals surface area contributed by atoms with Crippen molar-refractivity contribution in [2.24, 2.45) is 0 Å². The molecule has 0 bridgehead atoms. The van der Waals surface area contributed by atoms with Crippen molar-refractivity contribution in [3.05, 3.63) is 77.0 Å².